The number of hydrogen-bond acceptors (Lipinski definition) is 2. The van der Waals surface area contributed by atoms with Crippen LogP contribution in [0.25, 0.3) is 0 Å². The van der Waals surface area contributed by atoms with Gasteiger partial charge in [-0.05, 0) is 31.4 Å². The molecular weight excluding hydrogens is 202 g/mol. The van der Waals surface area contributed by atoms with Gasteiger partial charge < -0.3 is 5.73 Å². The second kappa shape index (κ2) is 5.57. The van der Waals surface area contributed by atoms with Crippen LogP contribution >= 0.6 is 11.8 Å². The van der Waals surface area contributed by atoms with E-state index in [1.54, 1.807) is 0 Å². The average molecular weight is 223 g/mol. The van der Waals surface area contributed by atoms with Gasteiger partial charge in [0.15, 0.2) is 0 Å². The van der Waals surface area contributed by atoms with Gasteiger partial charge in [-0.3, -0.25) is 0 Å². The van der Waals surface area contributed by atoms with Gasteiger partial charge in [-0.25, -0.2) is 0 Å². The summed E-state index contributed by atoms with van der Waals surface area (Å²) in [5.74, 6) is 2.06. The predicted octanol–water partition coefficient (Wildman–Crippen LogP) is 3.22. The number of benzene rings is 1. The normalized spacial score (nSPS) is 11.7. The van der Waals surface area contributed by atoms with Crippen molar-refractivity contribution in [3.63, 3.8) is 0 Å². The van der Waals surface area contributed by atoms with Gasteiger partial charge in [0.05, 0.1) is 0 Å². The van der Waals surface area contributed by atoms with Crippen LogP contribution in [0.15, 0.2) is 24.3 Å². The van der Waals surface area contributed by atoms with E-state index in [0.717, 1.165) is 17.9 Å². The first-order chi connectivity index (χ1) is 7.01. The summed E-state index contributed by atoms with van der Waals surface area (Å²) in [5, 5.41) is 0. The van der Waals surface area contributed by atoms with Crippen molar-refractivity contribution in [2.75, 3.05) is 5.75 Å². The molecule has 0 aliphatic heterocycles. The molecular formula is C13H21NS. The number of thioether (sulfide) groups is 1. The van der Waals surface area contributed by atoms with Crippen molar-refractivity contribution in [1.29, 1.82) is 0 Å². The Morgan fingerprint density at radius 2 is 1.67 bits per heavy atom. The molecule has 0 heterocycles. The highest BCUT2D eigenvalue weighted by molar-refractivity contribution is 7.98. The van der Waals surface area contributed by atoms with E-state index in [0.29, 0.717) is 0 Å². The van der Waals surface area contributed by atoms with Gasteiger partial charge in [-0.15, -0.1) is 0 Å². The molecule has 1 nitrogen and oxygen atoms in total. The van der Waals surface area contributed by atoms with E-state index in [-0.39, 0.29) is 5.54 Å². The zero-order chi connectivity index (χ0) is 11.3. The van der Waals surface area contributed by atoms with E-state index in [1.165, 1.54) is 11.1 Å². The molecule has 0 spiro atoms. The third-order valence-corrected chi connectivity index (χ3v) is 3.66. The molecule has 0 radical (unpaired) electrons. The topological polar surface area (TPSA) is 26.0 Å². The minimum atomic E-state index is -0.0615. The molecule has 0 unspecified atom stereocenters. The lowest BCUT2D eigenvalue weighted by atomic mass is 10.1. The third kappa shape index (κ3) is 5.24. The van der Waals surface area contributed by atoms with E-state index in [1.807, 2.05) is 11.8 Å². The van der Waals surface area contributed by atoms with Gasteiger partial charge >= 0.3 is 0 Å². The van der Waals surface area contributed by atoms with Gasteiger partial charge in [0.2, 0.25) is 0 Å². The maximum atomic E-state index is 5.92. The summed E-state index contributed by atoms with van der Waals surface area (Å²) >= 11 is 1.90. The van der Waals surface area contributed by atoms with Crippen LogP contribution in [-0.2, 0) is 12.2 Å². The van der Waals surface area contributed by atoms with Crippen molar-refractivity contribution < 1.29 is 0 Å². The molecule has 0 atom stereocenters. The molecule has 0 saturated carbocycles. The lowest BCUT2D eigenvalue weighted by Crippen LogP contribution is -2.34. The summed E-state index contributed by atoms with van der Waals surface area (Å²) < 4.78 is 0. The molecule has 2 N–H and O–H groups in total. The molecule has 0 amide bonds. The van der Waals surface area contributed by atoms with Crippen LogP contribution in [0.2, 0.25) is 0 Å². The monoisotopic (exact) mass is 223 g/mol. The van der Waals surface area contributed by atoms with E-state index in [2.05, 4.69) is 45.0 Å². The molecule has 0 aromatic heterocycles. The largest absolute Gasteiger partial charge is 0.325 e. The highest BCUT2D eigenvalue weighted by atomic mass is 32.2. The number of aryl methyl sites for hydroxylation is 1. The SMILES string of the molecule is CCc1ccc(CSCC(C)(C)N)cc1. The van der Waals surface area contributed by atoms with Crippen molar-refractivity contribution in [3.05, 3.63) is 35.4 Å². The van der Waals surface area contributed by atoms with Gasteiger partial charge in [0, 0.05) is 17.0 Å². The van der Waals surface area contributed by atoms with Crippen LogP contribution in [-0.4, -0.2) is 11.3 Å². The molecule has 0 saturated heterocycles. The molecule has 1 aromatic carbocycles. The highest BCUT2D eigenvalue weighted by Crippen LogP contribution is 2.16. The van der Waals surface area contributed by atoms with E-state index < -0.39 is 0 Å². The van der Waals surface area contributed by atoms with Crippen LogP contribution in [0.3, 0.4) is 0 Å². The maximum absolute atomic E-state index is 5.92. The fraction of sp³-hybridized carbons (Fsp3) is 0.538. The molecule has 84 valence electrons. The Morgan fingerprint density at radius 3 is 2.13 bits per heavy atom. The van der Waals surface area contributed by atoms with E-state index in [9.17, 15) is 0 Å². The van der Waals surface area contributed by atoms with Crippen molar-refractivity contribution in [2.24, 2.45) is 5.73 Å². The minimum Gasteiger partial charge on any atom is -0.325 e. The molecule has 0 fully saturated rings. The average Bonchev–Trinajstić information content (AvgIpc) is 2.17. The smallest absolute Gasteiger partial charge is 0.0188 e. The summed E-state index contributed by atoms with van der Waals surface area (Å²) in [4.78, 5) is 0. The Morgan fingerprint density at radius 1 is 1.13 bits per heavy atom. The van der Waals surface area contributed by atoms with Crippen LogP contribution in [0.1, 0.15) is 31.9 Å². The summed E-state index contributed by atoms with van der Waals surface area (Å²) in [6.45, 7) is 6.32. The third-order valence-electron chi connectivity index (χ3n) is 2.17. The van der Waals surface area contributed by atoms with Gasteiger partial charge in [-0.1, -0.05) is 31.2 Å². The number of nitrogens with two attached hydrogens (primary N) is 1. The Bertz CT molecular complexity index is 284. The first kappa shape index (κ1) is 12.6. The van der Waals surface area contributed by atoms with Gasteiger partial charge in [0.25, 0.3) is 0 Å². The van der Waals surface area contributed by atoms with Crippen molar-refractivity contribution in [3.8, 4) is 0 Å². The summed E-state index contributed by atoms with van der Waals surface area (Å²) in [7, 11) is 0. The van der Waals surface area contributed by atoms with Crippen molar-refractivity contribution in [2.45, 2.75) is 38.5 Å². The summed E-state index contributed by atoms with van der Waals surface area (Å²) in [5.41, 5.74) is 8.66. The zero-order valence-electron chi connectivity index (χ0n) is 9.92. The summed E-state index contributed by atoms with van der Waals surface area (Å²) in [6, 6.07) is 8.86. The molecule has 0 bridgehead atoms. The molecule has 2 heteroatoms. The van der Waals surface area contributed by atoms with Gasteiger partial charge in [0.1, 0.15) is 0 Å². The van der Waals surface area contributed by atoms with Gasteiger partial charge in [-0.2, -0.15) is 11.8 Å². The fourth-order valence-electron chi connectivity index (χ4n) is 1.30. The second-order valence-electron chi connectivity index (χ2n) is 4.65. The summed E-state index contributed by atoms with van der Waals surface area (Å²) in [6.07, 6.45) is 1.11. The van der Waals surface area contributed by atoms with Crippen LogP contribution < -0.4 is 5.73 Å². The Hall–Kier alpha value is -0.470. The van der Waals surface area contributed by atoms with Crippen LogP contribution in [0, 0.1) is 0 Å². The zero-order valence-corrected chi connectivity index (χ0v) is 10.7. The molecule has 0 aliphatic carbocycles. The molecule has 0 aliphatic rings. The minimum absolute atomic E-state index is 0.0615. The second-order valence-corrected chi connectivity index (χ2v) is 5.64. The lowest BCUT2D eigenvalue weighted by Gasteiger charge is -2.17. The lowest BCUT2D eigenvalue weighted by molar-refractivity contribution is 0.591. The van der Waals surface area contributed by atoms with Crippen molar-refractivity contribution >= 4 is 11.8 Å². The van der Waals surface area contributed by atoms with E-state index >= 15 is 0 Å². The predicted molar refractivity (Wildman–Crippen MR) is 70.2 cm³/mol. The Kier molecular flexibility index (Phi) is 4.68. The van der Waals surface area contributed by atoms with Crippen LogP contribution in [0.4, 0.5) is 0 Å². The number of rotatable bonds is 5. The first-order valence-corrected chi connectivity index (χ1v) is 6.61. The Labute approximate surface area is 97.4 Å². The molecule has 1 aromatic rings. The number of hydrogen-bond donors (Lipinski definition) is 1. The Balaban J connectivity index is 2.38. The molecule has 1 rings (SSSR count). The first-order valence-electron chi connectivity index (χ1n) is 5.46. The standard InChI is InChI=1S/C13H21NS/c1-4-11-5-7-12(8-6-11)9-15-10-13(2,3)14/h5-8H,4,9-10,14H2,1-3H3. The fourth-order valence-corrected chi connectivity index (χ4v) is 2.36. The maximum Gasteiger partial charge on any atom is 0.0188 e. The highest BCUT2D eigenvalue weighted by Gasteiger charge is 2.09. The van der Waals surface area contributed by atoms with Crippen LogP contribution in [0.5, 0.6) is 0 Å². The van der Waals surface area contributed by atoms with E-state index in [4.69, 9.17) is 5.73 Å². The molecule has 15 heavy (non-hydrogen) atoms. The quantitative estimate of drug-likeness (QED) is 0.829. The van der Waals surface area contributed by atoms with Crippen molar-refractivity contribution in [1.82, 2.24) is 0 Å².